The number of hydrogen-bond donors (Lipinski definition) is 0. The van der Waals surface area contributed by atoms with E-state index < -0.39 is 5.79 Å². The van der Waals surface area contributed by atoms with Crippen molar-refractivity contribution in [2.24, 2.45) is 0 Å². The molecule has 3 aromatic carbocycles. The number of halogens is 3. The van der Waals surface area contributed by atoms with E-state index in [0.29, 0.717) is 28.8 Å². The molecule has 49 heavy (non-hydrogen) atoms. The van der Waals surface area contributed by atoms with Crippen LogP contribution < -0.4 is 14.5 Å². The first-order valence-corrected chi connectivity index (χ1v) is 17.6. The lowest BCUT2D eigenvalue weighted by Crippen LogP contribution is -2.46. The summed E-state index contributed by atoms with van der Waals surface area (Å²) in [6.45, 7) is 6.07. The Labute approximate surface area is 303 Å². The van der Waals surface area contributed by atoms with Gasteiger partial charge >= 0.3 is 0 Å². The lowest BCUT2D eigenvalue weighted by Gasteiger charge is -2.36. The highest BCUT2D eigenvalue weighted by Crippen LogP contribution is 2.40. The molecule has 5 aromatic rings. The highest BCUT2D eigenvalue weighted by atomic mass is 35.5. The number of benzene rings is 3. The molecule has 15 heteroatoms. The summed E-state index contributed by atoms with van der Waals surface area (Å²) in [5.41, 5.74) is 2.83. The number of nitrogens with zero attached hydrogens (tertiary/aromatic N) is 7. The van der Waals surface area contributed by atoms with Gasteiger partial charge in [0.2, 0.25) is 11.7 Å². The maximum Gasteiger partial charge on any atom is 0.218 e. The Morgan fingerprint density at radius 2 is 1.69 bits per heavy atom. The van der Waals surface area contributed by atoms with Crippen molar-refractivity contribution in [3.8, 4) is 5.75 Å². The number of anilines is 2. The van der Waals surface area contributed by atoms with Gasteiger partial charge in [-0.15, -0.1) is 0 Å². The van der Waals surface area contributed by atoms with Gasteiger partial charge in [-0.2, -0.15) is 5.10 Å². The predicted molar refractivity (Wildman–Crippen MR) is 194 cm³/mol. The SMILES string of the molecule is CC(=O)N(C)C.Clc1ccc([C@]2(Cn3cncn3)OC[C@@H](COc3ccc(N4CCN(c5nc6ccc(Cl)cc6s5)CC4)cc3)O2)c(Cl)c1. The van der Waals surface area contributed by atoms with E-state index in [2.05, 4.69) is 32.0 Å². The number of piperazine rings is 1. The molecule has 0 bridgehead atoms. The van der Waals surface area contributed by atoms with Crippen LogP contribution in [0, 0.1) is 0 Å². The molecule has 0 radical (unpaired) electrons. The average molecular weight is 745 g/mol. The molecule has 2 aromatic heterocycles. The van der Waals surface area contributed by atoms with E-state index in [9.17, 15) is 4.79 Å². The Kier molecular flexibility index (Phi) is 11.1. The van der Waals surface area contributed by atoms with Gasteiger partial charge in [0, 0.05) is 68.5 Å². The molecule has 4 heterocycles. The Bertz CT molecular complexity index is 1870. The summed E-state index contributed by atoms with van der Waals surface area (Å²) in [6, 6.07) is 19.3. The number of carbonyl (C=O) groups excluding carboxylic acids is 1. The third kappa shape index (κ3) is 8.57. The summed E-state index contributed by atoms with van der Waals surface area (Å²) in [7, 11) is 3.45. The van der Waals surface area contributed by atoms with E-state index in [1.807, 2.05) is 36.4 Å². The fourth-order valence-electron chi connectivity index (χ4n) is 5.40. The first-order chi connectivity index (χ1) is 23.6. The van der Waals surface area contributed by atoms with Crippen LogP contribution in [0.3, 0.4) is 0 Å². The smallest absolute Gasteiger partial charge is 0.218 e. The Hall–Kier alpha value is -3.65. The molecule has 0 spiro atoms. The molecule has 2 aliphatic heterocycles. The zero-order valence-electron chi connectivity index (χ0n) is 27.3. The largest absolute Gasteiger partial charge is 0.491 e. The van der Waals surface area contributed by atoms with E-state index in [1.54, 1.807) is 48.6 Å². The molecule has 0 saturated carbocycles. The third-order valence-corrected chi connectivity index (χ3v) is 10.1. The second-order valence-corrected chi connectivity index (χ2v) is 14.1. The minimum Gasteiger partial charge on any atom is -0.491 e. The van der Waals surface area contributed by atoms with E-state index in [0.717, 1.165) is 58.0 Å². The van der Waals surface area contributed by atoms with Crippen molar-refractivity contribution < 1.29 is 19.0 Å². The second-order valence-electron chi connectivity index (χ2n) is 11.8. The Balaban J connectivity index is 0.000000639. The molecule has 2 atom stereocenters. The summed E-state index contributed by atoms with van der Waals surface area (Å²) in [5, 5.41) is 7.00. The van der Waals surface area contributed by atoms with Gasteiger partial charge in [-0.05, 0) is 54.6 Å². The monoisotopic (exact) mass is 743 g/mol. The van der Waals surface area contributed by atoms with Crippen molar-refractivity contribution in [2.75, 3.05) is 63.3 Å². The first-order valence-electron chi connectivity index (χ1n) is 15.6. The Morgan fingerprint density at radius 3 is 2.37 bits per heavy atom. The van der Waals surface area contributed by atoms with Crippen LogP contribution in [0.2, 0.25) is 15.1 Å². The number of fused-ring (bicyclic) bond motifs is 1. The predicted octanol–water partition coefficient (Wildman–Crippen LogP) is 6.62. The molecule has 0 N–H and O–H groups in total. The summed E-state index contributed by atoms with van der Waals surface area (Å²) in [5.74, 6) is -0.291. The molecule has 258 valence electrons. The minimum absolute atomic E-state index is 0.0926. The lowest BCUT2D eigenvalue weighted by molar-refractivity contribution is -0.190. The molecule has 0 unspecified atom stereocenters. The zero-order valence-corrected chi connectivity index (χ0v) is 30.3. The second kappa shape index (κ2) is 15.5. The van der Waals surface area contributed by atoms with Crippen molar-refractivity contribution in [2.45, 2.75) is 25.4 Å². The molecule has 7 rings (SSSR count). The summed E-state index contributed by atoms with van der Waals surface area (Å²) in [6.07, 6.45) is 2.76. The minimum atomic E-state index is -1.15. The average Bonchev–Trinajstić information content (AvgIpc) is 3.85. The highest BCUT2D eigenvalue weighted by molar-refractivity contribution is 7.22. The third-order valence-electron chi connectivity index (χ3n) is 8.19. The summed E-state index contributed by atoms with van der Waals surface area (Å²) >= 11 is 20.6. The van der Waals surface area contributed by atoms with Gasteiger partial charge in [0.05, 0.1) is 21.8 Å². The van der Waals surface area contributed by atoms with Crippen molar-refractivity contribution in [3.63, 3.8) is 0 Å². The summed E-state index contributed by atoms with van der Waals surface area (Å²) < 4.78 is 21.6. The van der Waals surface area contributed by atoms with Crippen LogP contribution in [0.1, 0.15) is 12.5 Å². The Morgan fingerprint density at radius 1 is 1.00 bits per heavy atom. The number of ether oxygens (including phenoxy) is 3. The zero-order chi connectivity index (χ0) is 34.5. The number of aromatic nitrogens is 4. The molecule has 2 fully saturated rings. The molecule has 11 nitrogen and oxygen atoms in total. The van der Waals surface area contributed by atoms with E-state index >= 15 is 0 Å². The van der Waals surface area contributed by atoms with Gasteiger partial charge in [-0.1, -0.05) is 52.2 Å². The lowest BCUT2D eigenvalue weighted by atomic mass is 10.1. The van der Waals surface area contributed by atoms with Gasteiger partial charge < -0.3 is 28.9 Å². The van der Waals surface area contributed by atoms with Crippen LogP contribution in [-0.4, -0.2) is 90.1 Å². The molecular weight excluding hydrogens is 709 g/mol. The molecule has 0 aliphatic carbocycles. The standard InChI is InChI=1S/C30H27Cl3N6O3S.C4H9NO/c31-20-1-7-25(26(33)13-20)30(17-39-19-34-18-35-39)41-16-24(42-30)15-40-23-5-3-22(4-6-23)37-9-11-38(12-10-37)29-36-27-8-2-21(32)14-28(27)43-29;1-4(6)5(2)3/h1-8,13-14,18-19,24H,9-12,15-17H2;1-3H3/t24-,30-;/m1./s1. The number of carbonyl (C=O) groups is 1. The van der Waals surface area contributed by atoms with E-state index in [4.69, 9.17) is 54.0 Å². The number of amides is 1. The molecule has 1 amide bonds. The molecule has 2 saturated heterocycles. The van der Waals surface area contributed by atoms with Crippen LogP contribution in [-0.2, 0) is 26.6 Å². The van der Waals surface area contributed by atoms with Crippen molar-refractivity contribution in [1.82, 2.24) is 24.6 Å². The normalized spacial score (nSPS) is 19.1. The number of hydrogen-bond acceptors (Lipinski definition) is 10. The van der Waals surface area contributed by atoms with Crippen LogP contribution >= 0.6 is 46.1 Å². The maximum absolute atomic E-state index is 10.1. The summed E-state index contributed by atoms with van der Waals surface area (Å²) in [4.78, 5) is 25.2. The fourth-order valence-corrected chi connectivity index (χ4v) is 7.25. The highest BCUT2D eigenvalue weighted by Gasteiger charge is 2.45. The van der Waals surface area contributed by atoms with Crippen molar-refractivity contribution in [1.29, 1.82) is 0 Å². The molecular formula is C34H36Cl3N7O4S. The van der Waals surface area contributed by atoms with Crippen molar-refractivity contribution in [3.05, 3.63) is 93.9 Å². The van der Waals surface area contributed by atoms with Crippen molar-refractivity contribution >= 4 is 73.1 Å². The van der Waals surface area contributed by atoms with E-state index in [1.165, 1.54) is 18.2 Å². The topological polar surface area (TPSA) is 98.1 Å². The van der Waals surface area contributed by atoms with Gasteiger partial charge in [0.1, 0.15) is 37.7 Å². The van der Waals surface area contributed by atoms with Crippen LogP contribution in [0.4, 0.5) is 10.8 Å². The van der Waals surface area contributed by atoms with Gasteiger partial charge in [-0.25, -0.2) is 14.6 Å². The van der Waals surface area contributed by atoms with Gasteiger partial charge in [0.25, 0.3) is 0 Å². The number of thiazole rings is 1. The van der Waals surface area contributed by atoms with Gasteiger partial charge in [0.15, 0.2) is 5.13 Å². The van der Waals surface area contributed by atoms with Crippen LogP contribution in [0.5, 0.6) is 5.75 Å². The quantitative estimate of drug-likeness (QED) is 0.174. The van der Waals surface area contributed by atoms with Gasteiger partial charge in [-0.3, -0.25) is 4.79 Å². The van der Waals surface area contributed by atoms with E-state index in [-0.39, 0.29) is 18.6 Å². The van der Waals surface area contributed by atoms with Crippen LogP contribution in [0.15, 0.2) is 73.3 Å². The fraction of sp³-hybridized carbons (Fsp3) is 0.353. The van der Waals surface area contributed by atoms with Crippen LogP contribution in [0.25, 0.3) is 10.2 Å². The number of rotatable bonds is 8. The molecule has 2 aliphatic rings. The maximum atomic E-state index is 10.1. The first kappa shape index (κ1) is 35.2.